The zero-order chi connectivity index (χ0) is 43.7. The first-order valence-corrected chi connectivity index (χ1v) is 24.3. The van der Waals surface area contributed by atoms with E-state index in [0.717, 1.165) is 44.4 Å². The Bertz CT molecular complexity index is 1010. The summed E-state index contributed by atoms with van der Waals surface area (Å²) >= 11 is 0. The quantitative estimate of drug-likeness (QED) is 0.0287. The molecule has 0 aromatic heterocycles. The SMILES string of the molecule is CCCCCCCCCCCCCCCCCCCCCC(O)C(=O)NC(COC1OC(CO)C(O)C(O)C1NC(C)=O)C(O)C(O)CCCCCCCCCC(C)C. The molecule has 0 aromatic rings. The molecule has 1 rings (SSSR count). The third-order valence-electron chi connectivity index (χ3n) is 12.0. The lowest BCUT2D eigenvalue weighted by Crippen LogP contribution is -2.65. The van der Waals surface area contributed by atoms with Gasteiger partial charge in [0.2, 0.25) is 11.8 Å². The van der Waals surface area contributed by atoms with Crippen molar-refractivity contribution < 1.29 is 49.7 Å². The molecule has 1 aliphatic rings. The molecule has 12 heteroatoms. The Morgan fingerprint density at radius 1 is 0.627 bits per heavy atom. The summed E-state index contributed by atoms with van der Waals surface area (Å²) in [5.74, 6) is -0.495. The largest absolute Gasteiger partial charge is 0.394 e. The van der Waals surface area contributed by atoms with E-state index in [-0.39, 0.29) is 6.42 Å². The van der Waals surface area contributed by atoms with Gasteiger partial charge in [-0.2, -0.15) is 0 Å². The van der Waals surface area contributed by atoms with E-state index in [1.165, 1.54) is 129 Å². The summed E-state index contributed by atoms with van der Waals surface area (Å²) in [7, 11) is 0. The third-order valence-corrected chi connectivity index (χ3v) is 12.0. The maximum absolute atomic E-state index is 13.2. The Morgan fingerprint density at radius 2 is 1.05 bits per heavy atom. The van der Waals surface area contributed by atoms with Crippen LogP contribution in [0.15, 0.2) is 0 Å². The number of nitrogens with one attached hydrogen (secondary N) is 2. The fraction of sp³-hybridized carbons (Fsp3) is 0.957. The first-order valence-electron chi connectivity index (χ1n) is 24.3. The molecule has 9 atom stereocenters. The lowest BCUT2D eigenvalue weighted by molar-refractivity contribution is -0.272. The van der Waals surface area contributed by atoms with Crippen molar-refractivity contribution in [3.8, 4) is 0 Å². The van der Waals surface area contributed by atoms with E-state index in [1.54, 1.807) is 0 Å². The van der Waals surface area contributed by atoms with Crippen LogP contribution in [0.3, 0.4) is 0 Å². The van der Waals surface area contributed by atoms with Gasteiger partial charge < -0.3 is 50.7 Å². The summed E-state index contributed by atoms with van der Waals surface area (Å²) < 4.78 is 11.5. The van der Waals surface area contributed by atoms with Crippen LogP contribution in [0.25, 0.3) is 0 Å². The Morgan fingerprint density at radius 3 is 1.47 bits per heavy atom. The highest BCUT2D eigenvalue weighted by atomic mass is 16.7. The van der Waals surface area contributed by atoms with Gasteiger partial charge in [-0.05, 0) is 18.8 Å². The molecule has 59 heavy (non-hydrogen) atoms. The number of carbonyl (C=O) groups is 2. The van der Waals surface area contributed by atoms with Crippen LogP contribution in [-0.2, 0) is 19.1 Å². The average Bonchev–Trinajstić information content (AvgIpc) is 3.21. The zero-order valence-corrected chi connectivity index (χ0v) is 38.0. The molecule has 1 saturated heterocycles. The van der Waals surface area contributed by atoms with Gasteiger partial charge in [-0.1, -0.05) is 194 Å². The maximum Gasteiger partial charge on any atom is 0.249 e. The normalized spacial score (nSPS) is 21.6. The highest BCUT2D eigenvalue weighted by Gasteiger charge is 2.46. The predicted molar refractivity (Wildman–Crippen MR) is 236 cm³/mol. The Balaban J connectivity index is 2.52. The van der Waals surface area contributed by atoms with Gasteiger partial charge in [0.05, 0.1) is 25.4 Å². The van der Waals surface area contributed by atoms with Crippen LogP contribution in [0.1, 0.15) is 214 Å². The monoisotopic (exact) mass is 845 g/mol. The smallest absolute Gasteiger partial charge is 0.249 e. The van der Waals surface area contributed by atoms with Crippen molar-refractivity contribution >= 4 is 11.8 Å². The molecule has 1 aliphatic heterocycles. The number of aliphatic hydroxyl groups is 6. The number of aliphatic hydroxyl groups excluding tert-OH is 6. The van der Waals surface area contributed by atoms with Crippen LogP contribution in [0.2, 0.25) is 0 Å². The van der Waals surface area contributed by atoms with Crippen LogP contribution in [0.5, 0.6) is 0 Å². The average molecular weight is 845 g/mol. The molecule has 0 aromatic carbocycles. The van der Waals surface area contributed by atoms with E-state index in [0.29, 0.717) is 19.3 Å². The molecule has 12 nitrogen and oxygen atoms in total. The highest BCUT2D eigenvalue weighted by Crippen LogP contribution is 2.24. The molecule has 0 bridgehead atoms. The number of ether oxygens (including phenoxy) is 2. The topological polar surface area (TPSA) is 198 Å². The van der Waals surface area contributed by atoms with Crippen molar-refractivity contribution in [2.75, 3.05) is 13.2 Å². The predicted octanol–water partition coefficient (Wildman–Crippen LogP) is 7.50. The first-order chi connectivity index (χ1) is 28.4. The molecule has 0 aliphatic carbocycles. The molecule has 8 N–H and O–H groups in total. The molecular weight excluding hydrogens is 753 g/mol. The van der Waals surface area contributed by atoms with Crippen molar-refractivity contribution in [3.63, 3.8) is 0 Å². The first kappa shape index (κ1) is 55.6. The lowest BCUT2D eigenvalue weighted by Gasteiger charge is -2.42. The minimum atomic E-state index is -1.53. The van der Waals surface area contributed by atoms with Crippen molar-refractivity contribution in [1.29, 1.82) is 0 Å². The lowest BCUT2D eigenvalue weighted by atomic mass is 9.96. The van der Waals surface area contributed by atoms with Gasteiger partial charge in [0.15, 0.2) is 6.29 Å². The number of carbonyl (C=O) groups excluding carboxylic acids is 2. The van der Waals surface area contributed by atoms with Gasteiger partial charge >= 0.3 is 0 Å². The van der Waals surface area contributed by atoms with E-state index in [9.17, 15) is 40.2 Å². The molecule has 2 amide bonds. The standard InChI is InChI=1S/C47H92N2O10/c1-5-6-7-8-9-10-11-12-13-14-15-16-17-18-19-20-23-27-30-33-40(53)46(57)49-38(43(54)39(52)32-29-26-24-21-22-25-28-31-36(2)3)35-58-47-42(48-37(4)51)45(56)44(55)41(34-50)59-47/h36,38-45,47,50,52-56H,5-35H2,1-4H3,(H,48,51)(H,49,57). The van der Waals surface area contributed by atoms with Crippen molar-refractivity contribution in [2.45, 2.75) is 269 Å². The van der Waals surface area contributed by atoms with Gasteiger partial charge in [-0.15, -0.1) is 0 Å². The van der Waals surface area contributed by atoms with Gasteiger partial charge in [-0.3, -0.25) is 9.59 Å². The van der Waals surface area contributed by atoms with Crippen LogP contribution in [0.4, 0.5) is 0 Å². The molecule has 1 heterocycles. The summed E-state index contributed by atoms with van der Waals surface area (Å²) in [4.78, 5) is 25.1. The summed E-state index contributed by atoms with van der Waals surface area (Å²) in [6.07, 6.45) is 23.5. The fourth-order valence-electron chi connectivity index (χ4n) is 8.09. The molecule has 0 saturated carbocycles. The van der Waals surface area contributed by atoms with Crippen LogP contribution in [-0.4, -0.2) is 111 Å². The minimum Gasteiger partial charge on any atom is -0.394 e. The van der Waals surface area contributed by atoms with E-state index in [2.05, 4.69) is 31.4 Å². The minimum absolute atomic E-state index is 0.257. The number of hydrogen-bond donors (Lipinski definition) is 8. The number of unbranched alkanes of at least 4 members (excludes halogenated alkanes) is 24. The van der Waals surface area contributed by atoms with Gasteiger partial charge in [0.25, 0.3) is 0 Å². The number of hydrogen-bond acceptors (Lipinski definition) is 10. The second-order valence-electron chi connectivity index (χ2n) is 18.1. The van der Waals surface area contributed by atoms with Crippen molar-refractivity contribution in [3.05, 3.63) is 0 Å². The molecule has 0 spiro atoms. The number of rotatable bonds is 39. The Hall–Kier alpha value is -1.38. The van der Waals surface area contributed by atoms with E-state index in [4.69, 9.17) is 9.47 Å². The summed E-state index contributed by atoms with van der Waals surface area (Å²) in [6.45, 7) is 6.93. The molecule has 9 unspecified atom stereocenters. The van der Waals surface area contributed by atoms with Gasteiger partial charge in [0.1, 0.15) is 36.6 Å². The second-order valence-corrected chi connectivity index (χ2v) is 18.1. The molecule has 0 radical (unpaired) electrons. The third kappa shape index (κ3) is 27.3. The summed E-state index contributed by atoms with van der Waals surface area (Å²) in [5.41, 5.74) is 0. The maximum atomic E-state index is 13.2. The Kier molecular flexibility index (Phi) is 34.1. The summed E-state index contributed by atoms with van der Waals surface area (Å²) in [5, 5.41) is 68.9. The van der Waals surface area contributed by atoms with Crippen molar-refractivity contribution in [1.82, 2.24) is 10.6 Å². The Labute approximate surface area is 359 Å². The van der Waals surface area contributed by atoms with Crippen molar-refractivity contribution in [2.24, 2.45) is 5.92 Å². The van der Waals surface area contributed by atoms with E-state index >= 15 is 0 Å². The van der Waals surface area contributed by atoms with Gasteiger partial charge in [-0.25, -0.2) is 0 Å². The molecular formula is C47H92N2O10. The molecule has 1 fully saturated rings. The highest BCUT2D eigenvalue weighted by molar-refractivity contribution is 5.80. The second kappa shape index (κ2) is 36.1. The fourth-order valence-corrected chi connectivity index (χ4v) is 8.09. The van der Waals surface area contributed by atoms with E-state index < -0.39 is 80.0 Å². The van der Waals surface area contributed by atoms with Crippen LogP contribution >= 0.6 is 0 Å². The van der Waals surface area contributed by atoms with Gasteiger partial charge in [0, 0.05) is 6.92 Å². The van der Waals surface area contributed by atoms with Crippen LogP contribution < -0.4 is 10.6 Å². The van der Waals surface area contributed by atoms with E-state index in [1.807, 2.05) is 0 Å². The molecule has 350 valence electrons. The van der Waals surface area contributed by atoms with Crippen LogP contribution in [0, 0.1) is 5.92 Å². The number of amides is 2. The zero-order valence-electron chi connectivity index (χ0n) is 38.0. The summed E-state index contributed by atoms with van der Waals surface area (Å²) in [6, 6.07) is -2.38.